The van der Waals surface area contributed by atoms with Crippen LogP contribution in [0.4, 0.5) is 0 Å². The quantitative estimate of drug-likeness (QED) is 0.0322. The fourth-order valence-corrected chi connectivity index (χ4v) is 8.58. The minimum absolute atomic E-state index is 0.00827. The van der Waals surface area contributed by atoms with Gasteiger partial charge in [0, 0.05) is 12.8 Å². The maximum atomic E-state index is 12.5. The Balaban J connectivity index is 3.43. The third-order valence-corrected chi connectivity index (χ3v) is 12.8. The molecule has 0 spiro atoms. The van der Waals surface area contributed by atoms with Crippen molar-refractivity contribution in [1.29, 1.82) is 0 Å². The average molecular weight is 862 g/mol. The van der Waals surface area contributed by atoms with Crippen molar-refractivity contribution in [2.24, 2.45) is 0 Å². The smallest absolute Gasteiger partial charge is 0.305 e. The highest BCUT2D eigenvalue weighted by Gasteiger charge is 2.20. The lowest BCUT2D eigenvalue weighted by molar-refractivity contribution is -0.143. The first-order valence-electron chi connectivity index (χ1n) is 27.4. The van der Waals surface area contributed by atoms with Gasteiger partial charge in [-0.25, -0.2) is 0 Å². The third-order valence-electron chi connectivity index (χ3n) is 12.8. The van der Waals surface area contributed by atoms with E-state index in [0.29, 0.717) is 25.9 Å². The molecule has 0 aromatic rings. The van der Waals surface area contributed by atoms with Crippen LogP contribution in [0.2, 0.25) is 0 Å². The standard InChI is InChI=1S/C55H107NO5/c1-3-5-7-9-11-13-15-17-19-20-21-25-29-33-37-41-45-49-55(60)61-50-46-42-38-34-30-26-22-24-28-32-36-40-44-48-54(59)56-52(51-57)53(58)47-43-39-35-31-27-23-18-16-14-12-10-8-6-4-2/h17,19,52-53,57-58H,3-16,18,20-51H2,1-2H3,(H,56,59)/b19-17-. The number of amides is 1. The van der Waals surface area contributed by atoms with Crippen LogP contribution in [0.1, 0.15) is 303 Å². The van der Waals surface area contributed by atoms with Gasteiger partial charge in [-0.1, -0.05) is 251 Å². The molecule has 6 nitrogen and oxygen atoms in total. The Morgan fingerprint density at radius 2 is 0.770 bits per heavy atom. The number of carbonyl (C=O) groups excluding carboxylic acids is 2. The lowest BCUT2D eigenvalue weighted by Gasteiger charge is -2.22. The minimum Gasteiger partial charge on any atom is -0.466 e. The van der Waals surface area contributed by atoms with Crippen LogP contribution in [-0.2, 0) is 14.3 Å². The Morgan fingerprint density at radius 1 is 0.443 bits per heavy atom. The maximum Gasteiger partial charge on any atom is 0.305 e. The lowest BCUT2D eigenvalue weighted by atomic mass is 10.0. The van der Waals surface area contributed by atoms with E-state index in [9.17, 15) is 19.8 Å². The van der Waals surface area contributed by atoms with E-state index in [1.54, 1.807) is 0 Å². The van der Waals surface area contributed by atoms with Crippen molar-refractivity contribution in [2.45, 2.75) is 315 Å². The third kappa shape index (κ3) is 47.9. The van der Waals surface area contributed by atoms with Crippen molar-refractivity contribution in [2.75, 3.05) is 13.2 Å². The molecule has 61 heavy (non-hydrogen) atoms. The second-order valence-electron chi connectivity index (χ2n) is 18.9. The minimum atomic E-state index is -0.672. The first-order chi connectivity index (χ1) is 30.0. The molecule has 0 saturated carbocycles. The summed E-state index contributed by atoms with van der Waals surface area (Å²) in [6, 6.07) is -0.550. The molecule has 2 unspecified atom stereocenters. The van der Waals surface area contributed by atoms with Gasteiger partial charge in [0.15, 0.2) is 0 Å². The molecule has 0 saturated heterocycles. The van der Waals surface area contributed by atoms with Crippen LogP contribution in [0.15, 0.2) is 12.2 Å². The van der Waals surface area contributed by atoms with E-state index >= 15 is 0 Å². The second kappa shape index (κ2) is 51.2. The number of carbonyl (C=O) groups is 2. The summed E-state index contributed by atoms with van der Waals surface area (Å²) < 4.78 is 5.47. The van der Waals surface area contributed by atoms with Crippen LogP contribution in [0.5, 0.6) is 0 Å². The van der Waals surface area contributed by atoms with Crippen LogP contribution in [-0.4, -0.2) is 47.4 Å². The number of aliphatic hydroxyl groups excluding tert-OH is 2. The van der Waals surface area contributed by atoms with E-state index in [-0.39, 0.29) is 18.5 Å². The van der Waals surface area contributed by atoms with Gasteiger partial charge in [0.05, 0.1) is 25.4 Å². The van der Waals surface area contributed by atoms with Crippen molar-refractivity contribution in [3.8, 4) is 0 Å². The van der Waals surface area contributed by atoms with Crippen molar-refractivity contribution >= 4 is 11.9 Å². The number of ether oxygens (including phenoxy) is 1. The highest BCUT2D eigenvalue weighted by Crippen LogP contribution is 2.17. The van der Waals surface area contributed by atoms with Crippen LogP contribution in [0.3, 0.4) is 0 Å². The van der Waals surface area contributed by atoms with Crippen LogP contribution < -0.4 is 5.32 Å². The molecule has 0 fully saturated rings. The summed E-state index contributed by atoms with van der Waals surface area (Å²) in [5.41, 5.74) is 0. The van der Waals surface area contributed by atoms with Crippen molar-refractivity contribution in [1.82, 2.24) is 5.32 Å². The highest BCUT2D eigenvalue weighted by molar-refractivity contribution is 5.76. The van der Waals surface area contributed by atoms with Gasteiger partial charge in [0.25, 0.3) is 0 Å². The molecule has 0 aromatic heterocycles. The number of nitrogens with one attached hydrogen (secondary N) is 1. The Bertz CT molecular complexity index is 909. The molecule has 6 heteroatoms. The zero-order valence-corrected chi connectivity index (χ0v) is 41.2. The molecule has 0 rings (SSSR count). The summed E-state index contributed by atoms with van der Waals surface area (Å²) in [6.07, 6.45) is 59.0. The van der Waals surface area contributed by atoms with Gasteiger partial charge in [0.1, 0.15) is 0 Å². The molecule has 0 radical (unpaired) electrons. The number of rotatable bonds is 51. The van der Waals surface area contributed by atoms with Gasteiger partial charge >= 0.3 is 5.97 Å². The first kappa shape index (κ1) is 59.6. The molecule has 0 aromatic carbocycles. The fourth-order valence-electron chi connectivity index (χ4n) is 8.58. The van der Waals surface area contributed by atoms with E-state index in [2.05, 4.69) is 31.3 Å². The predicted molar refractivity (Wildman–Crippen MR) is 264 cm³/mol. The molecule has 0 aliphatic carbocycles. The zero-order chi connectivity index (χ0) is 44.4. The number of unbranched alkanes of at least 4 members (excludes halogenated alkanes) is 38. The van der Waals surface area contributed by atoms with E-state index in [4.69, 9.17) is 4.74 Å². The summed E-state index contributed by atoms with van der Waals surface area (Å²) in [7, 11) is 0. The molecule has 0 bridgehead atoms. The van der Waals surface area contributed by atoms with Gasteiger partial charge in [-0.3, -0.25) is 9.59 Å². The summed E-state index contributed by atoms with van der Waals surface area (Å²) in [5.74, 6) is -0.0549. The van der Waals surface area contributed by atoms with Gasteiger partial charge in [0.2, 0.25) is 5.91 Å². The monoisotopic (exact) mass is 862 g/mol. The molecule has 0 aliphatic heterocycles. The van der Waals surface area contributed by atoms with E-state index in [0.717, 1.165) is 51.4 Å². The Kier molecular flexibility index (Phi) is 50.1. The van der Waals surface area contributed by atoms with Gasteiger partial charge in [-0.15, -0.1) is 0 Å². The number of aliphatic hydroxyl groups is 2. The normalized spacial score (nSPS) is 12.7. The molecule has 0 heterocycles. The van der Waals surface area contributed by atoms with E-state index < -0.39 is 12.1 Å². The number of allylic oxidation sites excluding steroid dienone is 2. The highest BCUT2D eigenvalue weighted by atomic mass is 16.5. The average Bonchev–Trinajstić information content (AvgIpc) is 3.26. The molecule has 3 N–H and O–H groups in total. The summed E-state index contributed by atoms with van der Waals surface area (Å²) in [5, 5.41) is 23.2. The Labute approximate surface area is 380 Å². The maximum absolute atomic E-state index is 12.5. The zero-order valence-electron chi connectivity index (χ0n) is 41.2. The molecular weight excluding hydrogens is 755 g/mol. The Morgan fingerprint density at radius 3 is 1.16 bits per heavy atom. The topological polar surface area (TPSA) is 95.9 Å². The fraction of sp³-hybridized carbons (Fsp3) is 0.927. The molecule has 362 valence electrons. The number of esters is 1. The summed E-state index contributed by atoms with van der Waals surface area (Å²) >= 11 is 0. The van der Waals surface area contributed by atoms with Gasteiger partial charge < -0.3 is 20.3 Å². The first-order valence-corrected chi connectivity index (χ1v) is 27.4. The van der Waals surface area contributed by atoms with Crippen molar-refractivity contribution < 1.29 is 24.5 Å². The molecule has 1 amide bonds. The van der Waals surface area contributed by atoms with Crippen LogP contribution >= 0.6 is 0 Å². The predicted octanol–water partition coefficient (Wildman–Crippen LogP) is 16.5. The number of hydrogen-bond acceptors (Lipinski definition) is 5. The summed E-state index contributed by atoms with van der Waals surface area (Å²) in [6.45, 7) is 4.93. The van der Waals surface area contributed by atoms with Crippen molar-refractivity contribution in [3.63, 3.8) is 0 Å². The van der Waals surface area contributed by atoms with Crippen LogP contribution in [0.25, 0.3) is 0 Å². The van der Waals surface area contributed by atoms with E-state index in [1.165, 1.54) is 218 Å². The summed E-state index contributed by atoms with van der Waals surface area (Å²) in [4.78, 5) is 24.5. The molecular formula is C55H107NO5. The molecule has 0 aliphatic rings. The SMILES string of the molecule is CCCCCCCC/C=C\CCCCCCCCCC(=O)OCCCCCCCCCCCCCCCC(=O)NC(CO)C(O)CCCCCCCCCCCCCCCC. The second-order valence-corrected chi connectivity index (χ2v) is 18.9. The Hall–Kier alpha value is -1.40. The largest absolute Gasteiger partial charge is 0.466 e. The molecule has 2 atom stereocenters. The van der Waals surface area contributed by atoms with Crippen molar-refractivity contribution in [3.05, 3.63) is 12.2 Å². The lowest BCUT2D eigenvalue weighted by Crippen LogP contribution is -2.45. The van der Waals surface area contributed by atoms with Crippen LogP contribution in [0, 0.1) is 0 Å². The van der Waals surface area contributed by atoms with Gasteiger partial charge in [-0.05, 0) is 51.4 Å². The van der Waals surface area contributed by atoms with E-state index in [1.807, 2.05) is 0 Å². The number of hydrogen-bond donors (Lipinski definition) is 3. The van der Waals surface area contributed by atoms with Gasteiger partial charge in [-0.2, -0.15) is 0 Å².